The van der Waals surface area contributed by atoms with Gasteiger partial charge in [0, 0.05) is 44.0 Å². The van der Waals surface area contributed by atoms with Crippen molar-refractivity contribution in [3.63, 3.8) is 0 Å². The predicted octanol–water partition coefficient (Wildman–Crippen LogP) is 1.99. The van der Waals surface area contributed by atoms with Crippen LogP contribution in [0.1, 0.15) is 10.4 Å². The summed E-state index contributed by atoms with van der Waals surface area (Å²) in [5.41, 5.74) is 6.97. The third-order valence-electron chi connectivity index (χ3n) is 4.31. The SMILES string of the molecule is NC(=O)c1ccc(N2CCN(CCOc3ccccc3)CC2)cc1. The molecule has 2 aromatic carbocycles. The summed E-state index contributed by atoms with van der Waals surface area (Å²) in [5.74, 6) is 0.537. The van der Waals surface area contributed by atoms with Crippen molar-refractivity contribution in [2.75, 3.05) is 44.2 Å². The normalized spacial score (nSPS) is 15.2. The van der Waals surface area contributed by atoms with Crippen LogP contribution in [0.15, 0.2) is 54.6 Å². The fourth-order valence-corrected chi connectivity index (χ4v) is 2.88. The fraction of sp³-hybridized carbons (Fsp3) is 0.316. The van der Waals surface area contributed by atoms with Crippen LogP contribution >= 0.6 is 0 Å². The number of hydrogen-bond acceptors (Lipinski definition) is 4. The lowest BCUT2D eigenvalue weighted by molar-refractivity contribution is 0.100. The molecule has 0 atom stereocenters. The van der Waals surface area contributed by atoms with Crippen molar-refractivity contribution in [3.8, 4) is 5.75 Å². The third-order valence-corrected chi connectivity index (χ3v) is 4.31. The Labute approximate surface area is 142 Å². The first-order valence-electron chi connectivity index (χ1n) is 8.27. The second-order valence-corrected chi connectivity index (χ2v) is 5.90. The number of carbonyl (C=O) groups excluding carboxylic acids is 1. The van der Waals surface area contributed by atoms with Crippen LogP contribution in [0, 0.1) is 0 Å². The maximum Gasteiger partial charge on any atom is 0.248 e. The number of ether oxygens (including phenoxy) is 1. The number of para-hydroxylation sites is 1. The van der Waals surface area contributed by atoms with Gasteiger partial charge in [-0.2, -0.15) is 0 Å². The summed E-state index contributed by atoms with van der Waals surface area (Å²) in [6, 6.07) is 17.4. The van der Waals surface area contributed by atoms with Gasteiger partial charge >= 0.3 is 0 Å². The lowest BCUT2D eigenvalue weighted by atomic mass is 10.1. The molecule has 1 heterocycles. The highest BCUT2D eigenvalue weighted by atomic mass is 16.5. The quantitative estimate of drug-likeness (QED) is 0.882. The molecule has 1 amide bonds. The molecule has 0 bridgehead atoms. The van der Waals surface area contributed by atoms with Crippen LogP contribution < -0.4 is 15.4 Å². The molecule has 1 aliphatic heterocycles. The van der Waals surface area contributed by atoms with E-state index >= 15 is 0 Å². The number of rotatable bonds is 6. The van der Waals surface area contributed by atoms with E-state index in [4.69, 9.17) is 10.5 Å². The molecule has 1 aliphatic rings. The number of nitrogens with zero attached hydrogens (tertiary/aromatic N) is 2. The van der Waals surface area contributed by atoms with Crippen molar-refractivity contribution in [2.24, 2.45) is 5.73 Å². The summed E-state index contributed by atoms with van der Waals surface area (Å²) < 4.78 is 5.76. The topological polar surface area (TPSA) is 58.8 Å². The molecule has 1 saturated heterocycles. The number of primary amides is 1. The maximum atomic E-state index is 11.1. The highest BCUT2D eigenvalue weighted by Crippen LogP contribution is 2.17. The van der Waals surface area contributed by atoms with Gasteiger partial charge in [-0.05, 0) is 36.4 Å². The van der Waals surface area contributed by atoms with Gasteiger partial charge in [0.15, 0.2) is 0 Å². The van der Waals surface area contributed by atoms with Gasteiger partial charge in [0.25, 0.3) is 0 Å². The predicted molar refractivity (Wildman–Crippen MR) is 95.5 cm³/mol. The smallest absolute Gasteiger partial charge is 0.248 e. The standard InChI is InChI=1S/C19H23N3O2/c20-19(23)16-6-8-17(9-7-16)22-12-10-21(11-13-22)14-15-24-18-4-2-1-3-5-18/h1-9H,10-15H2,(H2,20,23). The molecule has 0 radical (unpaired) electrons. The van der Waals surface area contributed by atoms with E-state index in [-0.39, 0.29) is 5.91 Å². The minimum atomic E-state index is -0.384. The van der Waals surface area contributed by atoms with E-state index in [0.717, 1.165) is 44.2 Å². The first kappa shape index (κ1) is 16.3. The van der Waals surface area contributed by atoms with E-state index in [1.54, 1.807) is 12.1 Å². The molecule has 5 nitrogen and oxygen atoms in total. The Kier molecular flexibility index (Phi) is 5.33. The first-order chi connectivity index (χ1) is 11.7. The highest BCUT2D eigenvalue weighted by molar-refractivity contribution is 5.93. The Morgan fingerprint density at radius 2 is 1.62 bits per heavy atom. The Morgan fingerprint density at radius 3 is 2.25 bits per heavy atom. The van der Waals surface area contributed by atoms with E-state index in [2.05, 4.69) is 9.80 Å². The second kappa shape index (κ2) is 7.84. The van der Waals surface area contributed by atoms with E-state index < -0.39 is 0 Å². The van der Waals surface area contributed by atoms with Gasteiger partial charge < -0.3 is 15.4 Å². The number of nitrogens with two attached hydrogens (primary N) is 1. The van der Waals surface area contributed by atoms with Crippen LogP contribution in [-0.4, -0.2) is 50.1 Å². The van der Waals surface area contributed by atoms with Gasteiger partial charge in [-0.15, -0.1) is 0 Å². The van der Waals surface area contributed by atoms with Crippen LogP contribution in [0.4, 0.5) is 5.69 Å². The average molecular weight is 325 g/mol. The monoisotopic (exact) mass is 325 g/mol. The van der Waals surface area contributed by atoms with Crippen molar-refractivity contribution in [2.45, 2.75) is 0 Å². The molecule has 0 aromatic heterocycles. The molecule has 2 aromatic rings. The van der Waals surface area contributed by atoms with Gasteiger partial charge in [0.2, 0.25) is 5.91 Å². The minimum absolute atomic E-state index is 0.384. The fourth-order valence-electron chi connectivity index (χ4n) is 2.88. The molecule has 0 saturated carbocycles. The number of carbonyl (C=O) groups is 1. The van der Waals surface area contributed by atoms with E-state index in [0.29, 0.717) is 12.2 Å². The largest absolute Gasteiger partial charge is 0.492 e. The zero-order chi connectivity index (χ0) is 16.8. The molecule has 3 rings (SSSR count). The van der Waals surface area contributed by atoms with Crippen molar-refractivity contribution < 1.29 is 9.53 Å². The van der Waals surface area contributed by atoms with Crippen molar-refractivity contribution in [1.82, 2.24) is 4.90 Å². The summed E-state index contributed by atoms with van der Waals surface area (Å²) >= 11 is 0. The van der Waals surface area contributed by atoms with Crippen LogP contribution in [0.25, 0.3) is 0 Å². The molecule has 0 spiro atoms. The third kappa shape index (κ3) is 4.26. The molecule has 0 aliphatic carbocycles. The summed E-state index contributed by atoms with van der Waals surface area (Å²) in [6.07, 6.45) is 0. The highest BCUT2D eigenvalue weighted by Gasteiger charge is 2.17. The van der Waals surface area contributed by atoms with Crippen molar-refractivity contribution in [1.29, 1.82) is 0 Å². The van der Waals surface area contributed by atoms with E-state index in [1.807, 2.05) is 42.5 Å². The lowest BCUT2D eigenvalue weighted by Crippen LogP contribution is -2.47. The van der Waals surface area contributed by atoms with Gasteiger partial charge in [0.1, 0.15) is 12.4 Å². The Hall–Kier alpha value is -2.53. The van der Waals surface area contributed by atoms with Gasteiger partial charge in [-0.25, -0.2) is 0 Å². The van der Waals surface area contributed by atoms with Crippen LogP contribution in [0.5, 0.6) is 5.75 Å². The lowest BCUT2D eigenvalue weighted by Gasteiger charge is -2.36. The summed E-state index contributed by atoms with van der Waals surface area (Å²) in [4.78, 5) is 15.9. The second-order valence-electron chi connectivity index (χ2n) is 5.90. The number of benzene rings is 2. The molecular formula is C19H23N3O2. The number of amides is 1. The molecule has 2 N–H and O–H groups in total. The Morgan fingerprint density at radius 1 is 0.958 bits per heavy atom. The zero-order valence-corrected chi connectivity index (χ0v) is 13.7. The molecule has 24 heavy (non-hydrogen) atoms. The van der Waals surface area contributed by atoms with Crippen molar-refractivity contribution in [3.05, 3.63) is 60.2 Å². The molecular weight excluding hydrogens is 302 g/mol. The van der Waals surface area contributed by atoms with Crippen LogP contribution in [-0.2, 0) is 0 Å². The Balaban J connectivity index is 1.43. The van der Waals surface area contributed by atoms with Gasteiger partial charge in [0.05, 0.1) is 0 Å². The Bertz CT molecular complexity index is 650. The van der Waals surface area contributed by atoms with Crippen molar-refractivity contribution >= 4 is 11.6 Å². The van der Waals surface area contributed by atoms with Gasteiger partial charge in [-0.3, -0.25) is 9.69 Å². The van der Waals surface area contributed by atoms with E-state index in [1.165, 1.54) is 0 Å². The van der Waals surface area contributed by atoms with Crippen LogP contribution in [0.3, 0.4) is 0 Å². The summed E-state index contributed by atoms with van der Waals surface area (Å²) in [5, 5.41) is 0. The number of anilines is 1. The molecule has 0 unspecified atom stereocenters. The van der Waals surface area contributed by atoms with Crippen LogP contribution in [0.2, 0.25) is 0 Å². The molecule has 1 fully saturated rings. The molecule has 126 valence electrons. The summed E-state index contributed by atoms with van der Waals surface area (Å²) in [6.45, 7) is 5.61. The average Bonchev–Trinajstić information content (AvgIpc) is 2.63. The zero-order valence-electron chi connectivity index (χ0n) is 13.7. The minimum Gasteiger partial charge on any atom is -0.492 e. The maximum absolute atomic E-state index is 11.1. The van der Waals surface area contributed by atoms with Gasteiger partial charge in [-0.1, -0.05) is 18.2 Å². The first-order valence-corrected chi connectivity index (χ1v) is 8.27. The molecule has 5 heteroatoms. The summed E-state index contributed by atoms with van der Waals surface area (Å²) in [7, 11) is 0. The number of piperazine rings is 1. The number of hydrogen-bond donors (Lipinski definition) is 1. The van der Waals surface area contributed by atoms with E-state index in [9.17, 15) is 4.79 Å².